The highest BCUT2D eigenvalue weighted by atomic mass is 35.5. The number of benzene rings is 2. The summed E-state index contributed by atoms with van der Waals surface area (Å²) in [5, 5.41) is 6.85. The zero-order chi connectivity index (χ0) is 28.5. The molecule has 1 saturated carbocycles. The van der Waals surface area contributed by atoms with Crippen LogP contribution in [-0.2, 0) is 11.3 Å². The maximum absolute atomic E-state index is 13.3. The van der Waals surface area contributed by atoms with Gasteiger partial charge in [0.25, 0.3) is 0 Å². The van der Waals surface area contributed by atoms with Crippen LogP contribution in [-0.4, -0.2) is 37.2 Å². The second-order valence-electron chi connectivity index (χ2n) is 10.1. The molecule has 5 nitrogen and oxygen atoms in total. The molecule has 39 heavy (non-hydrogen) atoms. The van der Waals surface area contributed by atoms with E-state index in [-0.39, 0.29) is 44.2 Å². The molecule has 2 fully saturated rings. The highest BCUT2D eigenvalue weighted by molar-refractivity contribution is 6.40. The Balaban J connectivity index is 1.47. The lowest BCUT2D eigenvalue weighted by Gasteiger charge is -2.36. The van der Waals surface area contributed by atoms with Gasteiger partial charge >= 0.3 is 6.18 Å². The Hall–Kier alpha value is -2.23. The Labute approximate surface area is 239 Å². The molecule has 2 aromatic rings. The Morgan fingerprint density at radius 1 is 1.15 bits per heavy atom. The number of piperidine rings is 1. The molecule has 2 N–H and O–H groups in total. The number of aryl methyl sites for hydroxylation is 1. The summed E-state index contributed by atoms with van der Waals surface area (Å²) in [5.41, 5.74) is 2.87. The fraction of sp³-hybridized carbons (Fsp3) is 0.481. The van der Waals surface area contributed by atoms with E-state index >= 15 is 0 Å². The SMILES string of the molecule is C/C(=N\c1cc(Cl)c(N2CCCC(C(F)(F)F)C2)cc1C)Nc1c(Cl)ccc(CNC(=O)C2CC(F)C2)c1Cl. The number of amidine groups is 1. The predicted molar refractivity (Wildman–Crippen MR) is 150 cm³/mol. The molecule has 1 saturated heterocycles. The molecule has 0 radical (unpaired) electrons. The summed E-state index contributed by atoms with van der Waals surface area (Å²) in [6.07, 6.45) is -4.14. The van der Waals surface area contributed by atoms with Crippen LogP contribution in [0.4, 0.5) is 34.6 Å². The minimum absolute atomic E-state index is 0.114. The van der Waals surface area contributed by atoms with E-state index < -0.39 is 18.3 Å². The summed E-state index contributed by atoms with van der Waals surface area (Å²) in [6, 6.07) is 6.74. The van der Waals surface area contributed by atoms with Crippen molar-refractivity contribution in [3.05, 3.63) is 50.5 Å². The first-order valence-corrected chi connectivity index (χ1v) is 13.8. The third-order valence-electron chi connectivity index (χ3n) is 7.16. The normalized spacial score (nSPS) is 21.9. The third-order valence-corrected chi connectivity index (χ3v) is 8.21. The lowest BCUT2D eigenvalue weighted by atomic mass is 9.83. The van der Waals surface area contributed by atoms with Gasteiger partial charge in [0, 0.05) is 25.6 Å². The first kappa shape index (κ1) is 29.7. The summed E-state index contributed by atoms with van der Waals surface area (Å²) in [5.74, 6) is -1.46. The van der Waals surface area contributed by atoms with Crippen LogP contribution >= 0.6 is 34.8 Å². The predicted octanol–water partition coefficient (Wildman–Crippen LogP) is 8.26. The van der Waals surface area contributed by atoms with Crippen LogP contribution in [0.2, 0.25) is 15.1 Å². The zero-order valence-electron chi connectivity index (χ0n) is 21.4. The van der Waals surface area contributed by atoms with Gasteiger partial charge in [0.1, 0.15) is 12.0 Å². The third kappa shape index (κ3) is 7.11. The molecular formula is C27H29Cl3F4N4O. The van der Waals surface area contributed by atoms with Crippen molar-refractivity contribution in [2.75, 3.05) is 23.3 Å². The van der Waals surface area contributed by atoms with E-state index in [1.54, 1.807) is 36.1 Å². The molecule has 0 spiro atoms. The van der Waals surface area contributed by atoms with Gasteiger partial charge < -0.3 is 15.5 Å². The molecule has 1 atom stereocenters. The Kier molecular flexibility index (Phi) is 9.23. The van der Waals surface area contributed by atoms with E-state index in [0.717, 1.165) is 5.56 Å². The molecule has 1 unspecified atom stereocenters. The Morgan fingerprint density at radius 2 is 1.87 bits per heavy atom. The van der Waals surface area contributed by atoms with Crippen LogP contribution in [0.5, 0.6) is 0 Å². The molecule has 2 aliphatic rings. The number of carbonyl (C=O) groups is 1. The molecule has 4 rings (SSSR count). The van der Waals surface area contributed by atoms with Crippen molar-refractivity contribution in [1.82, 2.24) is 5.32 Å². The first-order chi connectivity index (χ1) is 18.3. The number of carbonyl (C=O) groups excluding carboxylic acids is 1. The standard InChI is InChI=1S/C27H29Cl3F4N4O/c1-14-8-23(38-7-3-4-18(13-38)27(32,33)34)21(29)11-22(14)36-15(2)37-25-20(28)6-5-16(24(25)30)12-35-26(39)17-9-19(31)10-17/h5-6,8,11,17-19H,3-4,7,9-10,12-13H2,1-2H3,(H,35,39)(H,36,37). The van der Waals surface area contributed by atoms with Gasteiger partial charge in [-0.25, -0.2) is 9.38 Å². The highest BCUT2D eigenvalue weighted by Gasteiger charge is 2.42. The summed E-state index contributed by atoms with van der Waals surface area (Å²) in [7, 11) is 0. The van der Waals surface area contributed by atoms with E-state index in [4.69, 9.17) is 34.8 Å². The van der Waals surface area contributed by atoms with Crippen LogP contribution < -0.4 is 15.5 Å². The van der Waals surface area contributed by atoms with Gasteiger partial charge in [-0.2, -0.15) is 13.2 Å². The smallest absolute Gasteiger partial charge is 0.370 e. The summed E-state index contributed by atoms with van der Waals surface area (Å²) in [4.78, 5) is 18.5. The van der Waals surface area contributed by atoms with Gasteiger partial charge in [-0.15, -0.1) is 0 Å². The number of hydrogen-bond acceptors (Lipinski definition) is 3. The van der Waals surface area contributed by atoms with Crippen LogP contribution in [0.25, 0.3) is 0 Å². The van der Waals surface area contributed by atoms with E-state index in [9.17, 15) is 22.4 Å². The van der Waals surface area contributed by atoms with Crippen LogP contribution in [0.1, 0.15) is 43.7 Å². The monoisotopic (exact) mass is 606 g/mol. The van der Waals surface area contributed by atoms with Crippen molar-refractivity contribution in [2.45, 2.75) is 58.4 Å². The average Bonchev–Trinajstić information content (AvgIpc) is 2.85. The van der Waals surface area contributed by atoms with Crippen LogP contribution in [0.3, 0.4) is 0 Å². The number of nitrogens with one attached hydrogen (secondary N) is 2. The number of amides is 1. The van der Waals surface area contributed by atoms with Crippen molar-refractivity contribution >= 4 is 63.6 Å². The molecule has 0 aromatic heterocycles. The van der Waals surface area contributed by atoms with E-state index in [2.05, 4.69) is 15.6 Å². The number of anilines is 2. The second kappa shape index (κ2) is 12.1. The number of hydrogen-bond donors (Lipinski definition) is 2. The number of rotatable bonds is 6. The fourth-order valence-corrected chi connectivity index (χ4v) is 5.62. The lowest BCUT2D eigenvalue weighted by Crippen LogP contribution is -2.41. The van der Waals surface area contributed by atoms with Gasteiger partial charge in [-0.1, -0.05) is 40.9 Å². The van der Waals surface area contributed by atoms with Crippen LogP contribution in [0.15, 0.2) is 29.3 Å². The quantitative estimate of drug-likeness (QED) is 0.197. The average molecular weight is 608 g/mol. The Morgan fingerprint density at radius 3 is 2.54 bits per heavy atom. The minimum atomic E-state index is -4.24. The molecule has 0 bridgehead atoms. The molecule has 1 aliphatic carbocycles. The maximum Gasteiger partial charge on any atom is 0.393 e. The largest absolute Gasteiger partial charge is 0.393 e. The summed E-state index contributed by atoms with van der Waals surface area (Å²) >= 11 is 19.5. The highest BCUT2D eigenvalue weighted by Crippen LogP contribution is 2.39. The van der Waals surface area contributed by atoms with Gasteiger partial charge in [-0.05, 0) is 68.9 Å². The van der Waals surface area contributed by atoms with Crippen molar-refractivity contribution < 1.29 is 22.4 Å². The van der Waals surface area contributed by atoms with E-state index in [0.29, 0.717) is 56.5 Å². The number of halogens is 7. The zero-order valence-corrected chi connectivity index (χ0v) is 23.7. The molecule has 12 heteroatoms. The van der Waals surface area contributed by atoms with Gasteiger partial charge in [0.15, 0.2) is 0 Å². The molecular weight excluding hydrogens is 579 g/mol. The second-order valence-corrected chi connectivity index (χ2v) is 11.3. The first-order valence-electron chi connectivity index (χ1n) is 12.7. The van der Waals surface area contributed by atoms with Crippen molar-refractivity contribution in [3.8, 4) is 0 Å². The Bertz CT molecular complexity index is 1260. The lowest BCUT2D eigenvalue weighted by molar-refractivity contribution is -0.176. The number of alkyl halides is 4. The van der Waals surface area contributed by atoms with Gasteiger partial charge in [0.05, 0.1) is 38.0 Å². The van der Waals surface area contributed by atoms with Crippen molar-refractivity contribution in [2.24, 2.45) is 16.8 Å². The molecule has 1 aliphatic heterocycles. The minimum Gasteiger partial charge on any atom is -0.370 e. The molecule has 1 amide bonds. The molecule has 1 heterocycles. The van der Waals surface area contributed by atoms with Crippen LogP contribution in [0, 0.1) is 18.8 Å². The summed E-state index contributed by atoms with van der Waals surface area (Å²) in [6.45, 7) is 4.06. The number of nitrogens with zero attached hydrogens (tertiary/aromatic N) is 2. The summed E-state index contributed by atoms with van der Waals surface area (Å²) < 4.78 is 52.9. The molecule has 2 aromatic carbocycles. The van der Waals surface area contributed by atoms with Gasteiger partial charge in [0.2, 0.25) is 5.91 Å². The fourth-order valence-electron chi connectivity index (χ4n) is 4.81. The van der Waals surface area contributed by atoms with E-state index in [1.165, 1.54) is 0 Å². The maximum atomic E-state index is 13.3. The topological polar surface area (TPSA) is 56.7 Å². The number of aliphatic imine (C=N–C) groups is 1. The van der Waals surface area contributed by atoms with E-state index in [1.807, 2.05) is 6.92 Å². The van der Waals surface area contributed by atoms with Crippen molar-refractivity contribution in [3.63, 3.8) is 0 Å². The van der Waals surface area contributed by atoms with Crippen molar-refractivity contribution in [1.29, 1.82) is 0 Å². The van der Waals surface area contributed by atoms with Gasteiger partial charge in [-0.3, -0.25) is 4.79 Å². The molecule has 212 valence electrons.